The van der Waals surface area contributed by atoms with Crippen molar-refractivity contribution in [1.82, 2.24) is 15.5 Å². The van der Waals surface area contributed by atoms with Crippen LogP contribution in [-0.4, -0.2) is 21.6 Å². The molecule has 0 saturated carbocycles. The predicted molar refractivity (Wildman–Crippen MR) is 92.3 cm³/mol. The quantitative estimate of drug-likeness (QED) is 0.781. The van der Waals surface area contributed by atoms with Gasteiger partial charge in [0.2, 0.25) is 5.82 Å². The number of nitrogens with one attached hydrogen (secondary N) is 1. The number of halogens is 1. The molecule has 0 fully saturated rings. The van der Waals surface area contributed by atoms with E-state index in [2.05, 4.69) is 15.5 Å². The molecule has 3 rings (SSSR count). The summed E-state index contributed by atoms with van der Waals surface area (Å²) in [6.07, 6.45) is 0. The highest BCUT2D eigenvalue weighted by molar-refractivity contribution is 5.95. The summed E-state index contributed by atoms with van der Waals surface area (Å²) in [5.41, 5.74) is 1.62. The van der Waals surface area contributed by atoms with Crippen molar-refractivity contribution in [1.29, 1.82) is 0 Å². The summed E-state index contributed by atoms with van der Waals surface area (Å²) in [5, 5.41) is 6.81. The lowest BCUT2D eigenvalue weighted by Crippen LogP contribution is -2.40. The van der Waals surface area contributed by atoms with Crippen molar-refractivity contribution >= 4 is 5.91 Å². The van der Waals surface area contributed by atoms with E-state index in [-0.39, 0.29) is 17.3 Å². The van der Waals surface area contributed by atoms with Crippen LogP contribution in [0.4, 0.5) is 4.39 Å². The first-order chi connectivity index (χ1) is 11.8. The monoisotopic (exact) mass is 339 g/mol. The van der Waals surface area contributed by atoms with Crippen LogP contribution in [0.3, 0.4) is 0 Å². The van der Waals surface area contributed by atoms with Gasteiger partial charge in [0.1, 0.15) is 5.82 Å². The van der Waals surface area contributed by atoms with Gasteiger partial charge in [0.15, 0.2) is 0 Å². The van der Waals surface area contributed by atoms with E-state index in [1.165, 1.54) is 12.1 Å². The first-order valence-electron chi connectivity index (χ1n) is 7.84. The van der Waals surface area contributed by atoms with Gasteiger partial charge >= 0.3 is 0 Å². The van der Waals surface area contributed by atoms with Gasteiger partial charge < -0.3 is 9.84 Å². The van der Waals surface area contributed by atoms with Gasteiger partial charge in [-0.3, -0.25) is 4.79 Å². The Balaban J connectivity index is 1.79. The van der Waals surface area contributed by atoms with Gasteiger partial charge in [-0.05, 0) is 69.3 Å². The molecule has 6 heteroatoms. The lowest BCUT2D eigenvalue weighted by atomic mass is 10.1. The van der Waals surface area contributed by atoms with Crippen molar-refractivity contribution in [3.8, 4) is 22.8 Å². The van der Waals surface area contributed by atoms with E-state index in [1.54, 1.807) is 36.4 Å². The highest BCUT2D eigenvalue weighted by Gasteiger charge is 2.16. The van der Waals surface area contributed by atoms with Crippen LogP contribution in [0.15, 0.2) is 53.1 Å². The molecule has 0 aliphatic heterocycles. The molecule has 25 heavy (non-hydrogen) atoms. The third kappa shape index (κ3) is 4.09. The van der Waals surface area contributed by atoms with Gasteiger partial charge in [-0.2, -0.15) is 4.98 Å². The van der Waals surface area contributed by atoms with Crippen LogP contribution in [0.25, 0.3) is 22.8 Å². The fraction of sp³-hybridized carbons (Fsp3) is 0.211. The Morgan fingerprint density at radius 3 is 2.20 bits per heavy atom. The Hall–Kier alpha value is -3.02. The van der Waals surface area contributed by atoms with Gasteiger partial charge in [-0.15, -0.1) is 0 Å². The highest BCUT2D eigenvalue weighted by atomic mass is 19.1. The number of hydrogen-bond acceptors (Lipinski definition) is 4. The molecule has 2 aromatic carbocycles. The molecule has 1 amide bonds. The highest BCUT2D eigenvalue weighted by Crippen LogP contribution is 2.22. The van der Waals surface area contributed by atoms with Crippen LogP contribution in [0.1, 0.15) is 31.1 Å². The summed E-state index contributed by atoms with van der Waals surface area (Å²) in [6, 6.07) is 12.8. The van der Waals surface area contributed by atoms with Gasteiger partial charge in [-0.25, -0.2) is 4.39 Å². The largest absolute Gasteiger partial charge is 0.347 e. The second-order valence-corrected chi connectivity index (χ2v) is 6.71. The Bertz CT molecular complexity index is 878. The summed E-state index contributed by atoms with van der Waals surface area (Å²) < 4.78 is 18.2. The van der Waals surface area contributed by atoms with Crippen molar-refractivity contribution < 1.29 is 13.7 Å². The van der Waals surface area contributed by atoms with Crippen molar-refractivity contribution in [2.45, 2.75) is 26.3 Å². The average Bonchev–Trinajstić information content (AvgIpc) is 3.04. The second-order valence-electron chi connectivity index (χ2n) is 6.71. The zero-order valence-corrected chi connectivity index (χ0v) is 14.2. The van der Waals surface area contributed by atoms with Crippen LogP contribution in [0, 0.1) is 5.82 Å². The molecule has 0 bridgehead atoms. The summed E-state index contributed by atoms with van der Waals surface area (Å²) in [5.74, 6) is 0.250. The number of benzene rings is 2. The number of rotatable bonds is 3. The molecular weight excluding hydrogens is 321 g/mol. The first-order valence-corrected chi connectivity index (χ1v) is 7.84. The summed E-state index contributed by atoms with van der Waals surface area (Å²) in [4.78, 5) is 16.4. The van der Waals surface area contributed by atoms with Crippen LogP contribution in [0.5, 0.6) is 0 Å². The average molecular weight is 339 g/mol. The number of aromatic nitrogens is 2. The van der Waals surface area contributed by atoms with Crippen molar-refractivity contribution in [3.63, 3.8) is 0 Å². The zero-order chi connectivity index (χ0) is 18.0. The number of nitrogens with zero attached hydrogens (tertiary/aromatic N) is 2. The summed E-state index contributed by atoms with van der Waals surface area (Å²) in [7, 11) is 0. The van der Waals surface area contributed by atoms with E-state index < -0.39 is 0 Å². The first kappa shape index (κ1) is 16.8. The Kier molecular flexibility index (Phi) is 4.35. The predicted octanol–water partition coefficient (Wildman–Crippen LogP) is 4.07. The second kappa shape index (κ2) is 6.47. The van der Waals surface area contributed by atoms with E-state index in [1.807, 2.05) is 20.8 Å². The molecule has 128 valence electrons. The maximum absolute atomic E-state index is 13.0. The molecule has 1 aromatic heterocycles. The molecule has 0 radical (unpaired) electrons. The standard InChI is InChI=1S/C19H18FN3O2/c1-19(2,3)22-17(24)13-4-6-14(7-5-13)18-21-16(23-25-18)12-8-10-15(20)11-9-12/h4-11H,1-3H3,(H,22,24). The fourth-order valence-electron chi connectivity index (χ4n) is 2.23. The number of amides is 1. The molecule has 0 unspecified atom stereocenters. The van der Waals surface area contributed by atoms with Crippen molar-refractivity contribution in [3.05, 3.63) is 59.9 Å². The van der Waals surface area contributed by atoms with Crippen molar-refractivity contribution in [2.24, 2.45) is 0 Å². The number of carbonyl (C=O) groups excluding carboxylic acids is 1. The Morgan fingerprint density at radius 2 is 1.60 bits per heavy atom. The minimum absolute atomic E-state index is 0.142. The molecular formula is C19H18FN3O2. The molecule has 5 nitrogen and oxygen atoms in total. The van der Waals surface area contributed by atoms with Crippen LogP contribution < -0.4 is 5.32 Å². The Labute approximate surface area is 144 Å². The number of carbonyl (C=O) groups is 1. The maximum Gasteiger partial charge on any atom is 0.258 e. The third-order valence-electron chi connectivity index (χ3n) is 3.41. The van der Waals surface area contributed by atoms with Crippen molar-refractivity contribution in [2.75, 3.05) is 0 Å². The van der Waals surface area contributed by atoms with E-state index in [9.17, 15) is 9.18 Å². The van der Waals surface area contributed by atoms with Crippen LogP contribution in [0.2, 0.25) is 0 Å². The lowest BCUT2D eigenvalue weighted by molar-refractivity contribution is 0.0919. The molecule has 1 N–H and O–H groups in total. The SMILES string of the molecule is CC(C)(C)NC(=O)c1ccc(-c2nc(-c3ccc(F)cc3)no2)cc1. The van der Waals surface area contributed by atoms with Crippen LogP contribution in [-0.2, 0) is 0 Å². The van der Waals surface area contributed by atoms with E-state index in [4.69, 9.17) is 4.52 Å². The van der Waals surface area contributed by atoms with E-state index >= 15 is 0 Å². The molecule has 3 aromatic rings. The third-order valence-corrected chi connectivity index (χ3v) is 3.41. The summed E-state index contributed by atoms with van der Waals surface area (Å²) in [6.45, 7) is 5.78. The van der Waals surface area contributed by atoms with Gasteiger partial charge in [0, 0.05) is 22.2 Å². The smallest absolute Gasteiger partial charge is 0.258 e. The minimum atomic E-state index is -0.323. The minimum Gasteiger partial charge on any atom is -0.347 e. The molecule has 0 aliphatic rings. The fourth-order valence-corrected chi connectivity index (χ4v) is 2.23. The van der Waals surface area contributed by atoms with Gasteiger partial charge in [0.05, 0.1) is 0 Å². The molecule has 1 heterocycles. The normalized spacial score (nSPS) is 11.4. The lowest BCUT2D eigenvalue weighted by Gasteiger charge is -2.20. The summed E-state index contributed by atoms with van der Waals surface area (Å²) >= 11 is 0. The van der Waals surface area contributed by atoms with E-state index in [0.717, 1.165) is 0 Å². The zero-order valence-electron chi connectivity index (χ0n) is 14.2. The maximum atomic E-state index is 13.0. The molecule has 0 saturated heterocycles. The topological polar surface area (TPSA) is 68.0 Å². The molecule has 0 atom stereocenters. The van der Waals surface area contributed by atoms with Gasteiger partial charge in [0.25, 0.3) is 11.8 Å². The molecule has 0 spiro atoms. The van der Waals surface area contributed by atoms with Crippen LogP contribution >= 0.6 is 0 Å². The number of hydrogen-bond donors (Lipinski definition) is 1. The van der Waals surface area contributed by atoms with Gasteiger partial charge in [-0.1, -0.05) is 5.16 Å². The van der Waals surface area contributed by atoms with E-state index in [0.29, 0.717) is 28.4 Å². The molecule has 0 aliphatic carbocycles. The Morgan fingerprint density at radius 1 is 1.00 bits per heavy atom.